The van der Waals surface area contributed by atoms with Crippen LogP contribution in [0.3, 0.4) is 0 Å². The van der Waals surface area contributed by atoms with Crippen molar-refractivity contribution in [3.63, 3.8) is 0 Å². The molecule has 4 heteroatoms. The van der Waals surface area contributed by atoms with Gasteiger partial charge in [0, 0.05) is 56.4 Å². The van der Waals surface area contributed by atoms with Gasteiger partial charge in [0.15, 0.2) is 0 Å². The number of rotatable bonds is 7. The molecule has 0 aliphatic carbocycles. The molecular formula is C52H36N2O2. The first kappa shape index (κ1) is 33.0. The number of phenolic OH excluding ortho intramolecular Hbond substituents is 2. The molecule has 0 amide bonds. The van der Waals surface area contributed by atoms with Gasteiger partial charge in [-0.15, -0.1) is 0 Å². The van der Waals surface area contributed by atoms with E-state index in [1.54, 1.807) is 12.1 Å². The molecule has 266 valence electrons. The number of anilines is 6. The number of nitrogens with zero attached hydrogens (tertiary/aromatic N) is 2. The van der Waals surface area contributed by atoms with Crippen molar-refractivity contribution in [2.45, 2.75) is 0 Å². The van der Waals surface area contributed by atoms with Gasteiger partial charge in [0.1, 0.15) is 11.5 Å². The molecule has 10 rings (SSSR count). The highest BCUT2D eigenvalue weighted by Crippen LogP contribution is 2.53. The Morgan fingerprint density at radius 1 is 0.250 bits per heavy atom. The zero-order valence-electron chi connectivity index (χ0n) is 30.4. The summed E-state index contributed by atoms with van der Waals surface area (Å²) in [5.74, 6) is 0.420. The van der Waals surface area contributed by atoms with Crippen LogP contribution in [0.5, 0.6) is 11.5 Å². The molecule has 0 aliphatic heterocycles. The van der Waals surface area contributed by atoms with E-state index in [4.69, 9.17) is 0 Å². The van der Waals surface area contributed by atoms with Crippen LogP contribution < -0.4 is 9.80 Å². The summed E-state index contributed by atoms with van der Waals surface area (Å²) >= 11 is 0. The Kier molecular flexibility index (Phi) is 8.08. The van der Waals surface area contributed by atoms with Gasteiger partial charge < -0.3 is 20.0 Å². The molecule has 0 saturated heterocycles. The summed E-state index contributed by atoms with van der Waals surface area (Å²) in [4.78, 5) is 4.53. The molecule has 0 atom stereocenters. The fourth-order valence-corrected chi connectivity index (χ4v) is 8.46. The fraction of sp³-hybridized carbons (Fsp3) is 0. The van der Waals surface area contributed by atoms with Gasteiger partial charge in [0.05, 0.1) is 11.4 Å². The van der Waals surface area contributed by atoms with E-state index >= 15 is 0 Å². The fourth-order valence-electron chi connectivity index (χ4n) is 8.46. The van der Waals surface area contributed by atoms with E-state index in [1.807, 2.05) is 36.4 Å². The van der Waals surface area contributed by atoms with Crippen LogP contribution in [0.2, 0.25) is 0 Å². The molecule has 0 heterocycles. The Labute approximate surface area is 325 Å². The average molecular weight is 721 g/mol. The molecule has 0 saturated carbocycles. The largest absolute Gasteiger partial charge is 0.508 e. The van der Waals surface area contributed by atoms with E-state index in [0.717, 1.165) is 88.3 Å². The van der Waals surface area contributed by atoms with Crippen molar-refractivity contribution < 1.29 is 10.2 Å². The first-order valence-electron chi connectivity index (χ1n) is 18.8. The SMILES string of the molecule is Oc1cccc(N(c2ccccc2)c2c3ccccc3c(-c3c4ccccc4c(N(c4ccccc4)c4cccc(O)c4)c4ccccc34)c3ccccc23)c1. The summed E-state index contributed by atoms with van der Waals surface area (Å²) < 4.78 is 0. The van der Waals surface area contributed by atoms with Gasteiger partial charge in [-0.25, -0.2) is 0 Å². The number of hydrogen-bond donors (Lipinski definition) is 2. The molecule has 0 unspecified atom stereocenters. The monoisotopic (exact) mass is 720 g/mol. The Balaban J connectivity index is 1.35. The van der Waals surface area contributed by atoms with Gasteiger partial charge in [-0.3, -0.25) is 0 Å². The Hall–Kier alpha value is -7.56. The highest BCUT2D eigenvalue weighted by atomic mass is 16.3. The molecule has 2 N–H and O–H groups in total. The minimum atomic E-state index is 0.210. The highest BCUT2D eigenvalue weighted by molar-refractivity contribution is 6.30. The lowest BCUT2D eigenvalue weighted by molar-refractivity contribution is 0.475. The standard InChI is InChI=1S/C52H36N2O2/c55-39-23-15-21-37(33-39)53(35-17-3-1-4-18-35)51-45-29-11-7-25-41(45)49(42-26-8-12-30-46(42)51)50-43-27-9-13-31-47(43)52(48-32-14-10-28-44(48)50)54(36-19-5-2-6-20-36)38-22-16-24-40(56)34-38/h1-34,55-56H. The van der Waals surface area contributed by atoms with Crippen molar-refractivity contribution >= 4 is 77.2 Å². The van der Waals surface area contributed by atoms with Crippen molar-refractivity contribution in [2.75, 3.05) is 9.80 Å². The van der Waals surface area contributed by atoms with Crippen LogP contribution in [0.25, 0.3) is 54.2 Å². The molecule has 0 spiro atoms. The van der Waals surface area contributed by atoms with Gasteiger partial charge >= 0.3 is 0 Å². The van der Waals surface area contributed by atoms with E-state index in [2.05, 4.69) is 168 Å². The number of fused-ring (bicyclic) bond motifs is 4. The number of benzene rings is 10. The van der Waals surface area contributed by atoms with Crippen LogP contribution in [0.15, 0.2) is 206 Å². The summed E-state index contributed by atoms with van der Waals surface area (Å²) in [5, 5.41) is 30.4. The normalized spacial score (nSPS) is 11.4. The Morgan fingerprint density at radius 3 is 0.821 bits per heavy atom. The van der Waals surface area contributed by atoms with E-state index < -0.39 is 0 Å². The molecule has 4 nitrogen and oxygen atoms in total. The van der Waals surface area contributed by atoms with E-state index in [1.165, 1.54) is 0 Å². The Morgan fingerprint density at radius 2 is 0.518 bits per heavy atom. The molecule has 10 aromatic carbocycles. The third-order valence-electron chi connectivity index (χ3n) is 10.7. The number of aromatic hydroxyl groups is 2. The molecule has 10 aromatic rings. The summed E-state index contributed by atoms with van der Waals surface area (Å²) in [6, 6.07) is 70.5. The lowest BCUT2D eigenvalue weighted by Crippen LogP contribution is -2.12. The van der Waals surface area contributed by atoms with Crippen molar-refractivity contribution in [1.29, 1.82) is 0 Å². The molecular weight excluding hydrogens is 685 g/mol. The molecule has 0 aromatic heterocycles. The van der Waals surface area contributed by atoms with Crippen LogP contribution in [0.4, 0.5) is 34.1 Å². The predicted molar refractivity (Wildman–Crippen MR) is 235 cm³/mol. The second-order valence-corrected chi connectivity index (χ2v) is 14.0. The maximum atomic E-state index is 10.8. The van der Waals surface area contributed by atoms with E-state index in [0.29, 0.717) is 0 Å². The zero-order chi connectivity index (χ0) is 37.6. The van der Waals surface area contributed by atoms with Crippen molar-refractivity contribution in [1.82, 2.24) is 0 Å². The topological polar surface area (TPSA) is 46.9 Å². The van der Waals surface area contributed by atoms with Crippen LogP contribution in [0.1, 0.15) is 0 Å². The lowest BCUT2D eigenvalue weighted by atomic mass is 9.84. The lowest BCUT2D eigenvalue weighted by Gasteiger charge is -2.31. The maximum Gasteiger partial charge on any atom is 0.117 e. The van der Waals surface area contributed by atoms with Gasteiger partial charge in [-0.05, 0) is 81.2 Å². The third kappa shape index (κ3) is 5.47. The zero-order valence-corrected chi connectivity index (χ0v) is 30.4. The van der Waals surface area contributed by atoms with Crippen LogP contribution in [-0.2, 0) is 0 Å². The Bertz CT molecular complexity index is 2750. The molecule has 0 fully saturated rings. The summed E-state index contributed by atoms with van der Waals surface area (Å²) in [5.41, 5.74) is 8.13. The number of phenols is 2. The minimum Gasteiger partial charge on any atom is -0.508 e. The van der Waals surface area contributed by atoms with Crippen LogP contribution >= 0.6 is 0 Å². The van der Waals surface area contributed by atoms with Crippen LogP contribution in [0, 0.1) is 0 Å². The summed E-state index contributed by atoms with van der Waals surface area (Å²) in [7, 11) is 0. The quantitative estimate of drug-likeness (QED) is 0.161. The van der Waals surface area contributed by atoms with E-state index in [-0.39, 0.29) is 11.5 Å². The minimum absolute atomic E-state index is 0.210. The maximum absolute atomic E-state index is 10.8. The van der Waals surface area contributed by atoms with Crippen molar-refractivity contribution in [3.05, 3.63) is 206 Å². The second-order valence-electron chi connectivity index (χ2n) is 14.0. The molecule has 56 heavy (non-hydrogen) atoms. The average Bonchev–Trinajstić information content (AvgIpc) is 3.25. The van der Waals surface area contributed by atoms with Gasteiger partial charge in [-0.1, -0.05) is 146 Å². The van der Waals surface area contributed by atoms with Gasteiger partial charge in [-0.2, -0.15) is 0 Å². The molecule has 0 aliphatic rings. The van der Waals surface area contributed by atoms with Crippen molar-refractivity contribution in [3.8, 4) is 22.6 Å². The molecule has 0 radical (unpaired) electrons. The summed E-state index contributed by atoms with van der Waals surface area (Å²) in [6.07, 6.45) is 0. The van der Waals surface area contributed by atoms with Gasteiger partial charge in [0.2, 0.25) is 0 Å². The smallest absolute Gasteiger partial charge is 0.117 e. The number of hydrogen-bond acceptors (Lipinski definition) is 4. The summed E-state index contributed by atoms with van der Waals surface area (Å²) in [6.45, 7) is 0. The first-order valence-corrected chi connectivity index (χ1v) is 18.8. The van der Waals surface area contributed by atoms with Crippen molar-refractivity contribution in [2.24, 2.45) is 0 Å². The first-order chi connectivity index (χ1) is 27.7. The van der Waals surface area contributed by atoms with E-state index in [9.17, 15) is 10.2 Å². The second kappa shape index (κ2) is 13.7. The van der Waals surface area contributed by atoms with Crippen LogP contribution in [-0.4, -0.2) is 10.2 Å². The van der Waals surface area contributed by atoms with Gasteiger partial charge in [0.25, 0.3) is 0 Å². The predicted octanol–water partition coefficient (Wildman–Crippen LogP) is 14.3. The number of para-hydroxylation sites is 2. The third-order valence-corrected chi connectivity index (χ3v) is 10.7. The molecule has 0 bridgehead atoms. The highest BCUT2D eigenvalue weighted by Gasteiger charge is 2.26.